The minimum atomic E-state index is -4.22. The predicted molar refractivity (Wildman–Crippen MR) is 65.9 cm³/mol. The van der Waals surface area contributed by atoms with E-state index in [4.69, 9.17) is 0 Å². The molecule has 0 amide bonds. The molecule has 0 saturated carbocycles. The fraction of sp³-hybridized carbons (Fsp3) is 0.167. The average molecular weight is 238 g/mol. The van der Waals surface area contributed by atoms with E-state index in [0.29, 0.717) is 18.4 Å². The molecule has 0 atom stereocenters. The van der Waals surface area contributed by atoms with Gasteiger partial charge < -0.3 is 9.79 Å². The first kappa shape index (κ1) is 12.9. The van der Waals surface area contributed by atoms with E-state index in [9.17, 15) is 14.4 Å². The van der Waals surface area contributed by atoms with E-state index in [-0.39, 0.29) is 5.30 Å². The molecule has 0 heterocycles. The van der Waals surface area contributed by atoms with E-state index in [1.807, 2.05) is 6.07 Å². The second kappa shape index (κ2) is 5.26. The molecule has 1 rings (SSSR count). The first-order valence-corrected chi connectivity index (χ1v) is 6.50. The molecule has 0 spiro atoms. The quantitative estimate of drug-likeness (QED) is 0.609. The lowest BCUT2D eigenvalue weighted by atomic mass is 10.0. The lowest BCUT2D eigenvalue weighted by molar-refractivity contribution is 0.387. The normalized spacial score (nSPS) is 11.1. The molecular formula is C12H15O3P. The molecule has 0 aliphatic rings. The van der Waals surface area contributed by atoms with Gasteiger partial charge in [0.1, 0.15) is 0 Å². The molecule has 3 nitrogen and oxygen atoms in total. The smallest absolute Gasteiger partial charge is 0.321 e. The van der Waals surface area contributed by atoms with Gasteiger partial charge in [-0.15, -0.1) is 13.2 Å². The van der Waals surface area contributed by atoms with Gasteiger partial charge in [0.05, 0.1) is 5.30 Å². The third kappa shape index (κ3) is 2.92. The molecule has 4 heteroatoms. The second-order valence-electron chi connectivity index (χ2n) is 3.44. The summed E-state index contributed by atoms with van der Waals surface area (Å²) in [4.78, 5) is 18.5. The maximum Gasteiger partial charge on any atom is 0.356 e. The Morgan fingerprint density at radius 1 is 1.19 bits per heavy atom. The first-order valence-electron chi connectivity index (χ1n) is 4.89. The molecule has 0 saturated heterocycles. The van der Waals surface area contributed by atoms with Crippen LogP contribution in [0.25, 0.3) is 0 Å². The zero-order valence-electron chi connectivity index (χ0n) is 8.97. The van der Waals surface area contributed by atoms with E-state index < -0.39 is 7.60 Å². The van der Waals surface area contributed by atoms with Crippen molar-refractivity contribution in [1.82, 2.24) is 0 Å². The Labute approximate surface area is 95.3 Å². The van der Waals surface area contributed by atoms with Crippen LogP contribution in [0, 0.1) is 0 Å². The van der Waals surface area contributed by atoms with Crippen molar-refractivity contribution in [3.8, 4) is 0 Å². The molecule has 16 heavy (non-hydrogen) atoms. The average Bonchev–Trinajstić information content (AvgIpc) is 2.19. The Bertz CT molecular complexity index is 446. The fourth-order valence-corrected chi connectivity index (χ4v) is 2.49. The highest BCUT2D eigenvalue weighted by Gasteiger charge is 2.21. The molecule has 0 aliphatic heterocycles. The summed E-state index contributed by atoms with van der Waals surface area (Å²) in [5.74, 6) is 0. The highest BCUT2D eigenvalue weighted by molar-refractivity contribution is 7.60. The van der Waals surface area contributed by atoms with Crippen molar-refractivity contribution in [2.24, 2.45) is 0 Å². The van der Waals surface area contributed by atoms with Crippen LogP contribution in [0.15, 0.2) is 43.5 Å². The minimum Gasteiger partial charge on any atom is -0.321 e. The van der Waals surface area contributed by atoms with Crippen LogP contribution >= 0.6 is 7.60 Å². The number of benzene rings is 1. The number of allylic oxidation sites excluding steroid dienone is 2. The van der Waals surface area contributed by atoms with E-state index >= 15 is 0 Å². The summed E-state index contributed by atoms with van der Waals surface area (Å²) in [7, 11) is -4.22. The van der Waals surface area contributed by atoms with Crippen molar-refractivity contribution < 1.29 is 14.4 Å². The van der Waals surface area contributed by atoms with Crippen LogP contribution in [0.5, 0.6) is 0 Å². The zero-order chi connectivity index (χ0) is 12.2. The van der Waals surface area contributed by atoms with E-state index in [2.05, 4.69) is 13.2 Å². The Morgan fingerprint density at radius 2 is 1.81 bits per heavy atom. The molecule has 0 radical (unpaired) electrons. The molecule has 2 N–H and O–H groups in total. The Kier molecular flexibility index (Phi) is 4.25. The summed E-state index contributed by atoms with van der Waals surface area (Å²) in [6.07, 6.45) is 4.40. The van der Waals surface area contributed by atoms with E-state index in [0.717, 1.165) is 5.56 Å². The van der Waals surface area contributed by atoms with Crippen LogP contribution in [-0.2, 0) is 17.4 Å². The van der Waals surface area contributed by atoms with E-state index in [1.54, 1.807) is 18.2 Å². The Balaban J connectivity index is 3.37. The van der Waals surface area contributed by atoms with Gasteiger partial charge in [-0.2, -0.15) is 0 Å². The lowest BCUT2D eigenvalue weighted by Gasteiger charge is -2.13. The third-order valence-corrected chi connectivity index (χ3v) is 3.32. The maximum absolute atomic E-state index is 11.3. The first-order chi connectivity index (χ1) is 7.50. The summed E-state index contributed by atoms with van der Waals surface area (Å²) < 4.78 is 11.3. The largest absolute Gasteiger partial charge is 0.356 e. The molecule has 86 valence electrons. The monoisotopic (exact) mass is 238 g/mol. The van der Waals surface area contributed by atoms with Crippen LogP contribution in [0.2, 0.25) is 0 Å². The Morgan fingerprint density at radius 3 is 2.31 bits per heavy atom. The van der Waals surface area contributed by atoms with Crippen LogP contribution in [0.4, 0.5) is 0 Å². The highest BCUT2D eigenvalue weighted by atomic mass is 31.2. The molecule has 0 bridgehead atoms. The van der Waals surface area contributed by atoms with Gasteiger partial charge in [-0.05, 0) is 30.0 Å². The topological polar surface area (TPSA) is 57.5 Å². The van der Waals surface area contributed by atoms with Gasteiger partial charge in [-0.1, -0.05) is 24.3 Å². The van der Waals surface area contributed by atoms with Crippen LogP contribution in [0.3, 0.4) is 0 Å². The summed E-state index contributed by atoms with van der Waals surface area (Å²) in [5.41, 5.74) is 1.54. The van der Waals surface area contributed by atoms with Gasteiger partial charge in [0, 0.05) is 0 Å². The Hall–Kier alpha value is -1.15. The highest BCUT2D eigenvalue weighted by Crippen LogP contribution is 2.35. The fourth-order valence-electron chi connectivity index (χ4n) is 1.62. The molecule has 1 aromatic rings. The van der Waals surface area contributed by atoms with Crippen molar-refractivity contribution >= 4 is 12.9 Å². The maximum atomic E-state index is 11.3. The van der Waals surface area contributed by atoms with Gasteiger partial charge in [-0.3, -0.25) is 4.57 Å². The molecule has 0 aliphatic carbocycles. The summed E-state index contributed by atoms with van der Waals surface area (Å²) >= 11 is 0. The van der Waals surface area contributed by atoms with Crippen molar-refractivity contribution in [3.05, 3.63) is 54.6 Å². The van der Waals surface area contributed by atoms with Gasteiger partial charge in [0.25, 0.3) is 0 Å². The van der Waals surface area contributed by atoms with Gasteiger partial charge in [0.15, 0.2) is 0 Å². The third-order valence-electron chi connectivity index (χ3n) is 2.27. The van der Waals surface area contributed by atoms with Crippen molar-refractivity contribution in [2.45, 2.75) is 12.8 Å². The van der Waals surface area contributed by atoms with Crippen molar-refractivity contribution in [3.63, 3.8) is 0 Å². The SMILES string of the molecule is C=CCc1cccc(P(=O)(O)O)c1CC=C. The second-order valence-corrected chi connectivity index (χ2v) is 5.01. The van der Waals surface area contributed by atoms with Crippen molar-refractivity contribution in [2.75, 3.05) is 0 Å². The van der Waals surface area contributed by atoms with Crippen LogP contribution < -0.4 is 5.30 Å². The van der Waals surface area contributed by atoms with Gasteiger partial charge in [-0.25, -0.2) is 0 Å². The zero-order valence-corrected chi connectivity index (χ0v) is 9.86. The minimum absolute atomic E-state index is 0.0896. The molecule has 1 aromatic carbocycles. The number of hydrogen-bond donors (Lipinski definition) is 2. The lowest BCUT2D eigenvalue weighted by Crippen LogP contribution is -2.13. The van der Waals surface area contributed by atoms with Gasteiger partial charge in [0.2, 0.25) is 0 Å². The van der Waals surface area contributed by atoms with E-state index in [1.165, 1.54) is 6.07 Å². The standard InChI is InChI=1S/C12H15O3P/c1-3-6-10-8-5-9-12(16(13,14)15)11(10)7-4-2/h3-5,8-9H,1-2,6-7H2,(H2,13,14,15). The molecule has 0 unspecified atom stereocenters. The number of rotatable bonds is 5. The summed E-state index contributed by atoms with van der Waals surface area (Å²) in [6, 6.07) is 4.96. The van der Waals surface area contributed by atoms with Crippen molar-refractivity contribution in [1.29, 1.82) is 0 Å². The summed E-state index contributed by atoms with van der Waals surface area (Å²) in [6.45, 7) is 7.23. The van der Waals surface area contributed by atoms with Crippen LogP contribution in [-0.4, -0.2) is 9.79 Å². The molecular weight excluding hydrogens is 223 g/mol. The van der Waals surface area contributed by atoms with Crippen LogP contribution in [0.1, 0.15) is 11.1 Å². The molecule has 0 fully saturated rings. The summed E-state index contributed by atoms with van der Waals surface area (Å²) in [5, 5.41) is 0.0896. The number of hydrogen-bond acceptors (Lipinski definition) is 1. The predicted octanol–water partition coefficient (Wildman–Crippen LogP) is 1.95. The van der Waals surface area contributed by atoms with Gasteiger partial charge >= 0.3 is 7.60 Å². The molecule has 0 aromatic heterocycles.